The molecule has 0 rings (SSSR count). The van der Waals surface area contributed by atoms with Crippen molar-refractivity contribution in [2.24, 2.45) is 0 Å². The molecule has 0 saturated carbocycles. The molecule has 0 unspecified atom stereocenters. The molecule has 0 bridgehead atoms. The van der Waals surface area contributed by atoms with Gasteiger partial charge in [0.15, 0.2) is 0 Å². The first-order chi connectivity index (χ1) is 8.94. The van der Waals surface area contributed by atoms with Gasteiger partial charge in [-0.15, -0.1) is 0 Å². The Labute approximate surface area is 145 Å². The van der Waals surface area contributed by atoms with Crippen molar-refractivity contribution in [3.05, 3.63) is 0 Å². The lowest BCUT2D eigenvalue weighted by atomic mass is 10.1. The minimum absolute atomic E-state index is 0. The van der Waals surface area contributed by atoms with E-state index in [9.17, 15) is 9.59 Å². The summed E-state index contributed by atoms with van der Waals surface area (Å²) in [6.07, 6.45) is 0.735. The molecule has 0 aromatic carbocycles. The average Bonchev–Trinajstić information content (AvgIpc) is 2.22. The lowest BCUT2D eigenvalue weighted by Gasteiger charge is -2.25. The predicted octanol–water partition coefficient (Wildman–Crippen LogP) is -1.46. The molecule has 0 aromatic rings. The van der Waals surface area contributed by atoms with E-state index in [2.05, 4.69) is 26.5 Å². The Bertz CT molecular complexity index is 335. The van der Waals surface area contributed by atoms with Gasteiger partial charge in [0, 0.05) is 0 Å². The highest BCUT2D eigenvalue weighted by atomic mass is 127. The standard InChI is InChI=1S/C14H28N2O4.HI/c1-14(2,3)20-13(18)15-11(12(17)19-7)9-8-10-16(4,5)6;/h11H,8-10H2,1-7H3;1H/t11-;/m0./s1. The molecule has 0 heterocycles. The van der Waals surface area contributed by atoms with Gasteiger partial charge in [0.1, 0.15) is 11.6 Å². The predicted molar refractivity (Wildman–Crippen MR) is 77.3 cm³/mol. The highest BCUT2D eigenvalue weighted by molar-refractivity contribution is 5.81. The zero-order chi connectivity index (χ0) is 16.0. The van der Waals surface area contributed by atoms with Crippen molar-refractivity contribution in [2.45, 2.75) is 45.3 Å². The highest BCUT2D eigenvalue weighted by Crippen LogP contribution is 2.09. The fraction of sp³-hybridized carbons (Fsp3) is 0.857. The van der Waals surface area contributed by atoms with E-state index in [0.717, 1.165) is 17.4 Å². The summed E-state index contributed by atoms with van der Waals surface area (Å²) in [7, 11) is 7.54. The maximum absolute atomic E-state index is 11.7. The van der Waals surface area contributed by atoms with Crippen LogP contribution >= 0.6 is 0 Å². The third-order valence-corrected chi connectivity index (χ3v) is 2.50. The number of carbonyl (C=O) groups is 2. The van der Waals surface area contributed by atoms with Gasteiger partial charge < -0.3 is 43.3 Å². The number of hydrogen-bond donors (Lipinski definition) is 1. The molecule has 0 spiro atoms. The summed E-state index contributed by atoms with van der Waals surface area (Å²) in [6.45, 7) is 6.23. The Morgan fingerprint density at radius 2 is 1.71 bits per heavy atom. The molecule has 0 aliphatic heterocycles. The van der Waals surface area contributed by atoms with Gasteiger partial charge in [0.05, 0.1) is 34.8 Å². The molecular weight excluding hydrogens is 387 g/mol. The van der Waals surface area contributed by atoms with E-state index in [0.29, 0.717) is 6.42 Å². The van der Waals surface area contributed by atoms with Crippen LogP contribution in [0.3, 0.4) is 0 Å². The summed E-state index contributed by atoms with van der Waals surface area (Å²) >= 11 is 0. The molecule has 0 fully saturated rings. The van der Waals surface area contributed by atoms with Crippen LogP contribution < -0.4 is 29.3 Å². The number of quaternary nitrogens is 1. The van der Waals surface area contributed by atoms with Crippen LogP contribution in [-0.4, -0.2) is 63.0 Å². The first-order valence-electron chi connectivity index (χ1n) is 6.82. The molecule has 1 amide bonds. The molecular formula is C14H29IN2O4. The van der Waals surface area contributed by atoms with Crippen molar-refractivity contribution in [1.29, 1.82) is 0 Å². The van der Waals surface area contributed by atoms with Crippen LogP contribution in [0.2, 0.25) is 0 Å². The maximum Gasteiger partial charge on any atom is 0.408 e. The van der Waals surface area contributed by atoms with Crippen LogP contribution in [0.25, 0.3) is 0 Å². The SMILES string of the molecule is COC(=O)[C@H](CCC[N+](C)(C)C)NC(=O)OC(C)(C)C.[I-]. The third kappa shape index (κ3) is 12.9. The highest BCUT2D eigenvalue weighted by Gasteiger charge is 2.25. The van der Waals surface area contributed by atoms with Crippen LogP contribution in [0.5, 0.6) is 0 Å². The minimum Gasteiger partial charge on any atom is -1.00 e. The molecule has 1 N–H and O–H groups in total. The first kappa shape index (κ1) is 22.7. The number of esters is 1. The van der Waals surface area contributed by atoms with E-state index >= 15 is 0 Å². The molecule has 1 atom stereocenters. The van der Waals surface area contributed by atoms with Crippen molar-refractivity contribution >= 4 is 12.1 Å². The van der Waals surface area contributed by atoms with Crippen molar-refractivity contribution < 1.29 is 47.5 Å². The zero-order valence-electron chi connectivity index (χ0n) is 14.2. The zero-order valence-corrected chi connectivity index (χ0v) is 16.3. The number of nitrogens with one attached hydrogen (secondary N) is 1. The topological polar surface area (TPSA) is 64.6 Å². The lowest BCUT2D eigenvalue weighted by molar-refractivity contribution is -0.870. The normalized spacial score (nSPS) is 12.9. The Morgan fingerprint density at radius 3 is 2.10 bits per heavy atom. The lowest BCUT2D eigenvalue weighted by Crippen LogP contribution is -3.00. The Balaban J connectivity index is 0. The second-order valence-electron chi connectivity index (χ2n) is 6.88. The van der Waals surface area contributed by atoms with E-state index in [1.807, 2.05) is 0 Å². The minimum atomic E-state index is -0.665. The fourth-order valence-electron chi connectivity index (χ4n) is 1.61. The van der Waals surface area contributed by atoms with Crippen molar-refractivity contribution in [3.8, 4) is 0 Å². The van der Waals surface area contributed by atoms with Gasteiger partial charge in [-0.1, -0.05) is 0 Å². The number of halogens is 1. The number of hydrogen-bond acceptors (Lipinski definition) is 4. The van der Waals surface area contributed by atoms with Crippen LogP contribution in [0.4, 0.5) is 4.79 Å². The molecule has 0 aliphatic rings. The van der Waals surface area contributed by atoms with Crippen LogP contribution in [0, 0.1) is 0 Å². The van der Waals surface area contributed by atoms with Gasteiger partial charge in [0.25, 0.3) is 0 Å². The molecule has 0 aliphatic carbocycles. The van der Waals surface area contributed by atoms with Gasteiger partial charge in [-0.05, 0) is 33.6 Å². The number of carbonyl (C=O) groups excluding carboxylic acids is 2. The number of nitrogens with zero attached hydrogens (tertiary/aromatic N) is 1. The molecule has 0 aromatic heterocycles. The second-order valence-corrected chi connectivity index (χ2v) is 6.88. The number of alkyl carbamates (subject to hydrolysis) is 1. The van der Waals surface area contributed by atoms with Gasteiger partial charge in [-0.2, -0.15) is 0 Å². The first-order valence-corrected chi connectivity index (χ1v) is 6.82. The number of ether oxygens (including phenoxy) is 2. The Morgan fingerprint density at radius 1 is 1.19 bits per heavy atom. The molecule has 6 nitrogen and oxygen atoms in total. The van der Waals surface area contributed by atoms with Crippen LogP contribution in [0.1, 0.15) is 33.6 Å². The number of methoxy groups -OCH3 is 1. The molecule has 0 saturated heterocycles. The van der Waals surface area contributed by atoms with Crippen molar-refractivity contribution in [1.82, 2.24) is 5.32 Å². The smallest absolute Gasteiger partial charge is 0.408 e. The van der Waals surface area contributed by atoms with E-state index in [-0.39, 0.29) is 24.0 Å². The largest absolute Gasteiger partial charge is 1.00 e. The van der Waals surface area contributed by atoms with Gasteiger partial charge >= 0.3 is 12.1 Å². The van der Waals surface area contributed by atoms with E-state index < -0.39 is 23.7 Å². The van der Waals surface area contributed by atoms with Crippen LogP contribution in [-0.2, 0) is 14.3 Å². The van der Waals surface area contributed by atoms with E-state index in [1.165, 1.54) is 7.11 Å². The van der Waals surface area contributed by atoms with Crippen molar-refractivity contribution in [2.75, 3.05) is 34.8 Å². The average molecular weight is 416 g/mol. The molecule has 0 radical (unpaired) electrons. The van der Waals surface area contributed by atoms with E-state index in [4.69, 9.17) is 9.47 Å². The number of amides is 1. The summed E-state index contributed by atoms with van der Waals surface area (Å²) in [5.41, 5.74) is -0.590. The summed E-state index contributed by atoms with van der Waals surface area (Å²) < 4.78 is 10.7. The monoisotopic (exact) mass is 416 g/mol. The summed E-state index contributed by atoms with van der Waals surface area (Å²) in [6, 6.07) is -0.665. The fourth-order valence-corrected chi connectivity index (χ4v) is 1.61. The van der Waals surface area contributed by atoms with Crippen molar-refractivity contribution in [3.63, 3.8) is 0 Å². The van der Waals surface area contributed by atoms with Gasteiger partial charge in [-0.3, -0.25) is 0 Å². The quantitative estimate of drug-likeness (QED) is 0.327. The van der Waals surface area contributed by atoms with E-state index in [1.54, 1.807) is 20.8 Å². The molecule has 126 valence electrons. The number of rotatable bonds is 6. The van der Waals surface area contributed by atoms with Gasteiger partial charge in [0.2, 0.25) is 0 Å². The maximum atomic E-state index is 11.7. The molecule has 21 heavy (non-hydrogen) atoms. The Kier molecular flexibility index (Phi) is 10.2. The summed E-state index contributed by atoms with van der Waals surface area (Å²) in [4.78, 5) is 23.4. The second kappa shape index (κ2) is 9.45. The summed E-state index contributed by atoms with van der Waals surface area (Å²) in [5.74, 6) is -0.447. The molecule has 7 heteroatoms. The third-order valence-electron chi connectivity index (χ3n) is 2.50. The summed E-state index contributed by atoms with van der Waals surface area (Å²) in [5, 5.41) is 2.57. The Hall–Kier alpha value is -0.570. The van der Waals surface area contributed by atoms with Crippen LogP contribution in [0.15, 0.2) is 0 Å². The van der Waals surface area contributed by atoms with Gasteiger partial charge in [-0.25, -0.2) is 9.59 Å².